The first-order valence-corrected chi connectivity index (χ1v) is 10.1. The summed E-state index contributed by atoms with van der Waals surface area (Å²) in [5.74, 6) is -0.660. The van der Waals surface area contributed by atoms with Crippen molar-refractivity contribution in [3.8, 4) is 0 Å². The van der Waals surface area contributed by atoms with Crippen LogP contribution in [0.2, 0.25) is 0 Å². The zero-order chi connectivity index (χ0) is 22.8. The molecular weight excluding hydrogens is 438 g/mol. The Kier molecular flexibility index (Phi) is 8.47. The van der Waals surface area contributed by atoms with E-state index in [0.29, 0.717) is 0 Å². The van der Waals surface area contributed by atoms with Gasteiger partial charge in [-0.15, -0.1) is 0 Å². The molecule has 0 aromatic rings. The molecule has 0 saturated carbocycles. The van der Waals surface area contributed by atoms with Gasteiger partial charge in [0.1, 0.15) is 48.8 Å². The number of rotatable bonds is 7. The molecule has 2 aliphatic heterocycles. The number of ether oxygens (including phenoxy) is 3. The molecule has 0 bridgehead atoms. The highest BCUT2D eigenvalue weighted by Gasteiger charge is 2.52. The predicted molar refractivity (Wildman–Crippen MR) is 90.6 cm³/mol. The number of hydrogen-bond donors (Lipinski definition) is 8. The summed E-state index contributed by atoms with van der Waals surface area (Å²) in [6.07, 6.45) is -15.8. The fourth-order valence-electron chi connectivity index (χ4n) is 3.21. The van der Waals surface area contributed by atoms with Crippen LogP contribution in [0, 0.1) is 0 Å². The van der Waals surface area contributed by atoms with Gasteiger partial charge in [-0.2, -0.15) is 8.42 Å². The van der Waals surface area contributed by atoms with Crippen molar-refractivity contribution in [1.29, 1.82) is 0 Å². The summed E-state index contributed by atoms with van der Waals surface area (Å²) in [6.45, 7) is -0.549. The predicted octanol–water partition coefficient (Wildman–Crippen LogP) is -5.43. The number of amides is 1. The number of hydrogen-bond acceptors (Lipinski definition) is 13. The summed E-state index contributed by atoms with van der Waals surface area (Å²) >= 11 is 0. The van der Waals surface area contributed by atoms with E-state index >= 15 is 0 Å². The van der Waals surface area contributed by atoms with Gasteiger partial charge in [-0.25, -0.2) is 4.18 Å². The van der Waals surface area contributed by atoms with Crippen molar-refractivity contribution in [2.75, 3.05) is 13.2 Å². The molecule has 15 nitrogen and oxygen atoms in total. The lowest BCUT2D eigenvalue weighted by Crippen LogP contribution is -2.67. The van der Waals surface area contributed by atoms with Crippen molar-refractivity contribution in [3.63, 3.8) is 0 Å². The molecule has 2 aliphatic rings. The van der Waals surface area contributed by atoms with E-state index in [1.807, 2.05) is 0 Å². The minimum Gasteiger partial charge on any atom is -0.394 e. The molecule has 0 aliphatic carbocycles. The van der Waals surface area contributed by atoms with Crippen molar-refractivity contribution < 1.29 is 66.8 Å². The SMILES string of the molecule is CC(=O)N[C@@H]1[C@@H](O[C@@H]2O[C@H](CO)[C@H](O)[C@H](OS(=O)(=O)O)[C@H]2O)[C@@H](O)[C@@H](CO)O[C@@H]1O. The third kappa shape index (κ3) is 5.81. The summed E-state index contributed by atoms with van der Waals surface area (Å²) in [6, 6.07) is -1.42. The smallest absolute Gasteiger partial charge is 0.394 e. The van der Waals surface area contributed by atoms with Gasteiger partial charge in [0.25, 0.3) is 0 Å². The van der Waals surface area contributed by atoms with Gasteiger partial charge in [-0.3, -0.25) is 9.35 Å². The average Bonchev–Trinajstić information content (AvgIpc) is 2.64. The number of aliphatic hydroxyl groups is 6. The second-order valence-corrected chi connectivity index (χ2v) is 7.81. The fraction of sp³-hybridized carbons (Fsp3) is 0.929. The van der Waals surface area contributed by atoms with Crippen LogP contribution in [-0.2, 0) is 33.6 Å². The van der Waals surface area contributed by atoms with Crippen LogP contribution >= 0.6 is 0 Å². The Bertz CT molecular complexity index is 690. The maximum Gasteiger partial charge on any atom is 0.397 e. The molecule has 16 heteroatoms. The quantitative estimate of drug-likeness (QED) is 0.164. The van der Waals surface area contributed by atoms with E-state index in [0.717, 1.165) is 6.92 Å². The fourth-order valence-corrected chi connectivity index (χ4v) is 3.72. The second kappa shape index (κ2) is 10.1. The van der Waals surface area contributed by atoms with Gasteiger partial charge in [0.2, 0.25) is 5.91 Å². The molecule has 2 saturated heterocycles. The molecule has 0 radical (unpaired) electrons. The van der Waals surface area contributed by atoms with E-state index in [-0.39, 0.29) is 0 Å². The Balaban J connectivity index is 2.30. The molecule has 2 fully saturated rings. The van der Waals surface area contributed by atoms with Crippen LogP contribution in [0.3, 0.4) is 0 Å². The summed E-state index contributed by atoms with van der Waals surface area (Å²) < 4.78 is 50.8. The third-order valence-corrected chi connectivity index (χ3v) is 5.05. The Morgan fingerprint density at radius 1 is 0.967 bits per heavy atom. The normalized spacial score (nSPS) is 42.7. The van der Waals surface area contributed by atoms with Crippen LogP contribution in [0.25, 0.3) is 0 Å². The van der Waals surface area contributed by atoms with Crippen molar-refractivity contribution in [2.45, 2.75) is 68.3 Å². The highest BCUT2D eigenvalue weighted by molar-refractivity contribution is 7.80. The lowest BCUT2D eigenvalue weighted by atomic mass is 9.95. The first kappa shape index (κ1) is 25.2. The molecule has 176 valence electrons. The van der Waals surface area contributed by atoms with Crippen LogP contribution in [0.1, 0.15) is 6.92 Å². The van der Waals surface area contributed by atoms with Crippen LogP contribution in [0.15, 0.2) is 0 Å². The minimum absolute atomic E-state index is 0.660. The largest absolute Gasteiger partial charge is 0.397 e. The standard InChI is InChI=1S/C14H25NO14S/c1-4(18)15-7-11(8(19)5(2-16)26-13(7)22)28-14-10(21)12(29-30(23,24)25)9(20)6(3-17)27-14/h5-14,16-17,19-22H,2-3H2,1H3,(H,15,18)(H,23,24,25)/t5-,6-,7-,8+,9+,10-,11-,12+,13+,14+/m1/s1. The number of nitrogens with one attached hydrogen (secondary N) is 1. The monoisotopic (exact) mass is 463 g/mol. The van der Waals surface area contributed by atoms with E-state index in [9.17, 15) is 43.9 Å². The molecule has 8 N–H and O–H groups in total. The van der Waals surface area contributed by atoms with E-state index in [1.165, 1.54) is 0 Å². The molecule has 10 atom stereocenters. The molecule has 0 aromatic heterocycles. The van der Waals surface area contributed by atoms with E-state index in [4.69, 9.17) is 18.8 Å². The Morgan fingerprint density at radius 3 is 2.00 bits per heavy atom. The molecule has 0 unspecified atom stereocenters. The van der Waals surface area contributed by atoms with Crippen LogP contribution in [0.5, 0.6) is 0 Å². The number of carbonyl (C=O) groups is 1. The minimum atomic E-state index is -5.15. The molecular formula is C14H25NO14S. The van der Waals surface area contributed by atoms with Crippen LogP contribution in [-0.4, -0.2) is 124 Å². The zero-order valence-electron chi connectivity index (χ0n) is 15.6. The summed E-state index contributed by atoms with van der Waals surface area (Å²) in [5, 5.41) is 61.8. The van der Waals surface area contributed by atoms with Crippen molar-refractivity contribution in [1.82, 2.24) is 5.32 Å². The summed E-state index contributed by atoms with van der Waals surface area (Å²) in [4.78, 5) is 11.4. The Hall–Kier alpha value is -1.02. The molecule has 0 aromatic carbocycles. The summed E-state index contributed by atoms with van der Waals surface area (Å²) in [7, 11) is -5.15. The van der Waals surface area contributed by atoms with Gasteiger partial charge in [0, 0.05) is 6.92 Å². The summed E-state index contributed by atoms with van der Waals surface area (Å²) in [5.41, 5.74) is 0. The van der Waals surface area contributed by atoms with Gasteiger partial charge in [0.15, 0.2) is 12.6 Å². The molecule has 1 amide bonds. The van der Waals surface area contributed by atoms with Crippen molar-refractivity contribution in [3.05, 3.63) is 0 Å². The van der Waals surface area contributed by atoms with Gasteiger partial charge >= 0.3 is 10.4 Å². The highest BCUT2D eigenvalue weighted by Crippen LogP contribution is 2.30. The number of aliphatic hydroxyl groups excluding tert-OH is 6. The van der Waals surface area contributed by atoms with Crippen LogP contribution < -0.4 is 5.32 Å². The van der Waals surface area contributed by atoms with E-state index in [1.54, 1.807) is 0 Å². The zero-order valence-corrected chi connectivity index (χ0v) is 16.4. The lowest BCUT2D eigenvalue weighted by molar-refractivity contribution is -0.339. The van der Waals surface area contributed by atoms with E-state index < -0.39 is 90.9 Å². The first-order chi connectivity index (χ1) is 13.9. The maximum atomic E-state index is 11.4. The molecule has 30 heavy (non-hydrogen) atoms. The Morgan fingerprint density at radius 2 is 1.50 bits per heavy atom. The molecule has 0 spiro atoms. The van der Waals surface area contributed by atoms with Crippen molar-refractivity contribution in [2.24, 2.45) is 0 Å². The topological polar surface area (TPSA) is 242 Å². The maximum absolute atomic E-state index is 11.4. The number of carbonyl (C=O) groups excluding carboxylic acids is 1. The van der Waals surface area contributed by atoms with Gasteiger partial charge in [-0.05, 0) is 0 Å². The van der Waals surface area contributed by atoms with Crippen LogP contribution in [0.4, 0.5) is 0 Å². The van der Waals surface area contributed by atoms with Gasteiger partial charge in [-0.1, -0.05) is 0 Å². The lowest BCUT2D eigenvalue weighted by Gasteiger charge is -2.46. The van der Waals surface area contributed by atoms with Crippen molar-refractivity contribution >= 4 is 16.3 Å². The Labute approximate surface area is 170 Å². The highest BCUT2D eigenvalue weighted by atomic mass is 32.3. The van der Waals surface area contributed by atoms with Gasteiger partial charge < -0.3 is 50.2 Å². The molecule has 2 rings (SSSR count). The average molecular weight is 463 g/mol. The van der Waals surface area contributed by atoms with Gasteiger partial charge in [0.05, 0.1) is 13.2 Å². The molecule has 2 heterocycles. The first-order valence-electron chi connectivity index (χ1n) is 8.72. The second-order valence-electron chi connectivity index (χ2n) is 6.76. The van der Waals surface area contributed by atoms with E-state index in [2.05, 4.69) is 9.50 Å². The third-order valence-electron chi connectivity index (χ3n) is 4.59.